The highest BCUT2D eigenvalue weighted by Crippen LogP contribution is 2.28. The third-order valence-electron chi connectivity index (χ3n) is 2.37. The molecule has 0 aromatic heterocycles. The predicted molar refractivity (Wildman–Crippen MR) is 44.7 cm³/mol. The minimum atomic E-state index is -0.886. The Morgan fingerprint density at radius 3 is 1.92 bits per heavy atom. The molecule has 0 amide bonds. The lowest BCUT2D eigenvalue weighted by Gasteiger charge is -2.28. The molecule has 0 radical (unpaired) electrons. The van der Waals surface area contributed by atoms with E-state index in [2.05, 4.69) is 5.32 Å². The smallest absolute Gasteiger partial charge is 0.0881 e. The molecule has 4 N–H and O–H groups in total. The zero-order valence-electron chi connectivity index (χ0n) is 7.16. The summed E-state index contributed by atoms with van der Waals surface area (Å²) in [6.07, 6.45) is 2.43. The van der Waals surface area contributed by atoms with Crippen LogP contribution in [-0.2, 0) is 0 Å². The van der Waals surface area contributed by atoms with Gasteiger partial charge in [-0.05, 0) is 25.3 Å². The molecule has 0 aliphatic heterocycles. The molecule has 4 heteroatoms. The van der Waals surface area contributed by atoms with Gasteiger partial charge in [0.15, 0.2) is 0 Å². The first-order chi connectivity index (χ1) is 5.76. The van der Waals surface area contributed by atoms with Gasteiger partial charge in [0.25, 0.3) is 0 Å². The van der Waals surface area contributed by atoms with Gasteiger partial charge in [0.05, 0.1) is 25.4 Å². The molecule has 0 unspecified atom stereocenters. The minimum Gasteiger partial charge on any atom is -0.394 e. The van der Waals surface area contributed by atoms with Gasteiger partial charge in [-0.25, -0.2) is 0 Å². The zero-order chi connectivity index (χ0) is 9.03. The maximum absolute atomic E-state index is 8.93. The Labute approximate surface area is 72.2 Å². The van der Waals surface area contributed by atoms with E-state index >= 15 is 0 Å². The third kappa shape index (κ3) is 2.42. The summed E-state index contributed by atoms with van der Waals surface area (Å²) in [6, 6.07) is 0. The minimum absolute atomic E-state index is 0.229. The van der Waals surface area contributed by atoms with E-state index in [1.165, 1.54) is 12.8 Å². The first kappa shape index (κ1) is 9.92. The van der Waals surface area contributed by atoms with Gasteiger partial charge in [-0.3, -0.25) is 0 Å². The first-order valence-electron chi connectivity index (χ1n) is 4.34. The van der Waals surface area contributed by atoms with E-state index in [1.54, 1.807) is 0 Å². The van der Waals surface area contributed by atoms with Crippen molar-refractivity contribution >= 4 is 0 Å². The van der Waals surface area contributed by atoms with Crippen molar-refractivity contribution in [2.24, 2.45) is 5.92 Å². The van der Waals surface area contributed by atoms with Gasteiger partial charge in [0.1, 0.15) is 0 Å². The average molecular weight is 175 g/mol. The number of hydrogen-bond donors (Lipinski definition) is 4. The summed E-state index contributed by atoms with van der Waals surface area (Å²) >= 11 is 0. The molecule has 1 fully saturated rings. The zero-order valence-corrected chi connectivity index (χ0v) is 7.16. The molecule has 12 heavy (non-hydrogen) atoms. The largest absolute Gasteiger partial charge is 0.394 e. The second-order valence-corrected chi connectivity index (χ2v) is 3.58. The van der Waals surface area contributed by atoms with Crippen molar-refractivity contribution in [1.29, 1.82) is 0 Å². The second-order valence-electron chi connectivity index (χ2n) is 3.58. The molecule has 0 saturated heterocycles. The summed E-state index contributed by atoms with van der Waals surface area (Å²) in [5.41, 5.74) is -0.886. The monoisotopic (exact) mass is 175 g/mol. The van der Waals surface area contributed by atoms with Crippen LogP contribution in [0, 0.1) is 5.92 Å². The van der Waals surface area contributed by atoms with Crippen molar-refractivity contribution in [1.82, 2.24) is 5.32 Å². The van der Waals surface area contributed by atoms with E-state index < -0.39 is 5.54 Å². The Morgan fingerprint density at radius 2 is 1.58 bits per heavy atom. The normalized spacial score (nSPS) is 18.2. The quantitative estimate of drug-likeness (QED) is 0.405. The molecular weight excluding hydrogens is 158 g/mol. The molecule has 0 atom stereocenters. The highest BCUT2D eigenvalue weighted by molar-refractivity contribution is 4.89. The van der Waals surface area contributed by atoms with Gasteiger partial charge in [-0.15, -0.1) is 0 Å². The molecule has 0 heterocycles. The maximum atomic E-state index is 8.93. The van der Waals surface area contributed by atoms with Crippen LogP contribution >= 0.6 is 0 Å². The lowest BCUT2D eigenvalue weighted by molar-refractivity contribution is 0.0420. The molecule has 1 saturated carbocycles. The lowest BCUT2D eigenvalue weighted by atomic mass is 10.0. The molecule has 1 aliphatic carbocycles. The Kier molecular flexibility index (Phi) is 3.46. The standard InChI is InChI=1S/C8H17NO3/c10-4-8(5-11,6-12)9-3-7-1-2-7/h7,9-12H,1-6H2. The number of nitrogens with one attached hydrogen (secondary N) is 1. The van der Waals surface area contributed by atoms with E-state index in [4.69, 9.17) is 15.3 Å². The SMILES string of the molecule is OCC(CO)(CO)NCC1CC1. The molecule has 72 valence electrons. The van der Waals surface area contributed by atoms with Gasteiger partial charge in [-0.2, -0.15) is 0 Å². The third-order valence-corrected chi connectivity index (χ3v) is 2.37. The molecular formula is C8H17NO3. The summed E-state index contributed by atoms with van der Waals surface area (Å²) in [5.74, 6) is 0.675. The van der Waals surface area contributed by atoms with E-state index in [0.29, 0.717) is 5.92 Å². The number of aliphatic hydroxyl groups is 3. The highest BCUT2D eigenvalue weighted by Gasteiger charge is 2.30. The van der Waals surface area contributed by atoms with Crippen LogP contribution in [0.15, 0.2) is 0 Å². The summed E-state index contributed by atoms with van der Waals surface area (Å²) in [5, 5.41) is 29.8. The predicted octanol–water partition coefficient (Wildman–Crippen LogP) is -1.30. The fourth-order valence-corrected chi connectivity index (χ4v) is 1.00. The van der Waals surface area contributed by atoms with E-state index in [-0.39, 0.29) is 19.8 Å². The van der Waals surface area contributed by atoms with Gasteiger partial charge in [-0.1, -0.05) is 0 Å². The summed E-state index contributed by atoms with van der Waals surface area (Å²) in [6.45, 7) is 0.0911. The molecule has 0 spiro atoms. The van der Waals surface area contributed by atoms with Crippen LogP contribution in [-0.4, -0.2) is 47.2 Å². The number of rotatable bonds is 6. The van der Waals surface area contributed by atoms with Crippen molar-refractivity contribution in [3.05, 3.63) is 0 Å². The summed E-state index contributed by atoms with van der Waals surface area (Å²) in [4.78, 5) is 0. The van der Waals surface area contributed by atoms with Crippen LogP contribution in [0.2, 0.25) is 0 Å². The number of hydrogen-bond acceptors (Lipinski definition) is 4. The van der Waals surface area contributed by atoms with E-state index in [9.17, 15) is 0 Å². The van der Waals surface area contributed by atoms with Crippen LogP contribution in [0.3, 0.4) is 0 Å². The second kappa shape index (κ2) is 4.18. The van der Waals surface area contributed by atoms with Gasteiger partial charge in [0, 0.05) is 0 Å². The van der Waals surface area contributed by atoms with Crippen LogP contribution in [0.25, 0.3) is 0 Å². The Balaban J connectivity index is 2.28. The van der Waals surface area contributed by atoms with E-state index in [1.807, 2.05) is 0 Å². The van der Waals surface area contributed by atoms with Crippen molar-refractivity contribution in [3.63, 3.8) is 0 Å². The lowest BCUT2D eigenvalue weighted by Crippen LogP contribution is -2.55. The molecule has 1 rings (SSSR count). The van der Waals surface area contributed by atoms with Crippen molar-refractivity contribution in [3.8, 4) is 0 Å². The van der Waals surface area contributed by atoms with Crippen molar-refractivity contribution < 1.29 is 15.3 Å². The topological polar surface area (TPSA) is 72.7 Å². The highest BCUT2D eigenvalue weighted by atomic mass is 16.3. The van der Waals surface area contributed by atoms with Crippen molar-refractivity contribution in [2.75, 3.05) is 26.4 Å². The number of aliphatic hydroxyl groups excluding tert-OH is 3. The fourth-order valence-electron chi connectivity index (χ4n) is 1.00. The average Bonchev–Trinajstić information content (AvgIpc) is 2.92. The summed E-state index contributed by atoms with van der Waals surface area (Å²) < 4.78 is 0. The van der Waals surface area contributed by atoms with Gasteiger partial charge < -0.3 is 20.6 Å². The molecule has 0 aromatic rings. The molecule has 4 nitrogen and oxygen atoms in total. The first-order valence-corrected chi connectivity index (χ1v) is 4.34. The molecule has 1 aliphatic rings. The van der Waals surface area contributed by atoms with Gasteiger partial charge >= 0.3 is 0 Å². The van der Waals surface area contributed by atoms with Crippen molar-refractivity contribution in [2.45, 2.75) is 18.4 Å². The Bertz CT molecular complexity index is 124. The Morgan fingerprint density at radius 1 is 1.08 bits per heavy atom. The fraction of sp³-hybridized carbons (Fsp3) is 1.00. The maximum Gasteiger partial charge on any atom is 0.0881 e. The Hall–Kier alpha value is -0.160. The van der Waals surface area contributed by atoms with Crippen LogP contribution < -0.4 is 5.32 Å². The van der Waals surface area contributed by atoms with Crippen LogP contribution in [0.4, 0.5) is 0 Å². The van der Waals surface area contributed by atoms with Crippen LogP contribution in [0.1, 0.15) is 12.8 Å². The molecule has 0 bridgehead atoms. The molecule has 0 aromatic carbocycles. The van der Waals surface area contributed by atoms with Gasteiger partial charge in [0.2, 0.25) is 0 Å². The summed E-state index contributed by atoms with van der Waals surface area (Å²) in [7, 11) is 0. The van der Waals surface area contributed by atoms with Crippen LogP contribution in [0.5, 0.6) is 0 Å². The van der Waals surface area contributed by atoms with E-state index in [0.717, 1.165) is 6.54 Å².